The van der Waals surface area contributed by atoms with Crippen molar-refractivity contribution in [3.05, 3.63) is 59.7 Å². The highest BCUT2D eigenvalue weighted by atomic mass is 127. The van der Waals surface area contributed by atoms with E-state index in [4.69, 9.17) is 0 Å². The Hall–Kier alpha value is -2.09. The molecule has 6 heteroatoms. The van der Waals surface area contributed by atoms with Crippen LogP contribution < -0.4 is 15.1 Å². The van der Waals surface area contributed by atoms with Gasteiger partial charge in [-0.25, -0.2) is 0 Å². The van der Waals surface area contributed by atoms with Gasteiger partial charge < -0.3 is 15.1 Å². The number of halogens is 1. The number of carbonyl (C=O) groups is 1. The van der Waals surface area contributed by atoms with Gasteiger partial charge in [0.2, 0.25) is 5.91 Å². The maximum atomic E-state index is 12.7. The highest BCUT2D eigenvalue weighted by Crippen LogP contribution is 2.28. The molecule has 2 aliphatic rings. The number of amides is 1. The summed E-state index contributed by atoms with van der Waals surface area (Å²) in [5, 5.41) is 3.24. The Balaban J connectivity index is 0.00000196. The number of aliphatic imine (C=N–C) groups is 1. The maximum Gasteiger partial charge on any atom is 0.246 e. The fourth-order valence-corrected chi connectivity index (χ4v) is 3.70. The summed E-state index contributed by atoms with van der Waals surface area (Å²) in [6, 6.07) is 16.5. The summed E-state index contributed by atoms with van der Waals surface area (Å²) in [6.07, 6.45) is 1.93. The van der Waals surface area contributed by atoms with Crippen LogP contribution in [0.3, 0.4) is 0 Å². The summed E-state index contributed by atoms with van der Waals surface area (Å²) in [7, 11) is 1.76. The lowest BCUT2D eigenvalue weighted by Gasteiger charge is -2.23. The number of fused-ring (bicyclic) bond motifs is 2. The number of hydrogen-bond donors (Lipinski definition) is 1. The van der Waals surface area contributed by atoms with Gasteiger partial charge in [0, 0.05) is 31.5 Å². The number of benzene rings is 2. The van der Waals surface area contributed by atoms with Crippen molar-refractivity contribution in [2.45, 2.75) is 12.8 Å². The second kappa shape index (κ2) is 8.07. The Morgan fingerprint density at radius 1 is 0.962 bits per heavy atom. The smallest absolute Gasteiger partial charge is 0.246 e. The number of anilines is 2. The molecule has 0 saturated heterocycles. The van der Waals surface area contributed by atoms with E-state index in [9.17, 15) is 4.79 Å². The lowest BCUT2D eigenvalue weighted by atomic mass is 10.2. The molecular formula is C20H23IN4O. The quantitative estimate of drug-likeness (QED) is 0.425. The molecule has 2 aliphatic heterocycles. The molecule has 2 aromatic rings. The van der Waals surface area contributed by atoms with Crippen molar-refractivity contribution in [3.8, 4) is 0 Å². The van der Waals surface area contributed by atoms with E-state index in [1.165, 1.54) is 16.8 Å². The highest BCUT2D eigenvalue weighted by Gasteiger charge is 2.26. The minimum Gasteiger partial charge on any atom is -0.347 e. The van der Waals surface area contributed by atoms with Crippen molar-refractivity contribution in [2.24, 2.45) is 4.99 Å². The normalized spacial score (nSPS) is 15.3. The van der Waals surface area contributed by atoms with Crippen LogP contribution in [0.5, 0.6) is 0 Å². The SMILES string of the molecule is CN=C(NCC(=O)N1CCc2ccccc21)N1CCc2ccccc21.I. The predicted octanol–water partition coefficient (Wildman–Crippen LogP) is 2.83. The second-order valence-electron chi connectivity index (χ2n) is 6.36. The molecule has 136 valence electrons. The van der Waals surface area contributed by atoms with E-state index in [0.29, 0.717) is 0 Å². The standard InChI is InChI=1S/C20H22N4O.HI/c1-21-20(24-13-11-16-7-3-5-9-18(16)24)22-14-19(25)23-12-10-15-6-2-4-8-17(15)23;/h2-9H,10-14H2,1H3,(H,21,22);1H. The minimum atomic E-state index is 0. The van der Waals surface area contributed by atoms with Gasteiger partial charge >= 0.3 is 0 Å². The maximum absolute atomic E-state index is 12.7. The van der Waals surface area contributed by atoms with E-state index >= 15 is 0 Å². The van der Waals surface area contributed by atoms with Crippen LogP contribution in [0.25, 0.3) is 0 Å². The van der Waals surface area contributed by atoms with Crippen molar-refractivity contribution in [1.29, 1.82) is 0 Å². The van der Waals surface area contributed by atoms with Crippen molar-refractivity contribution >= 4 is 47.2 Å². The average molecular weight is 462 g/mol. The van der Waals surface area contributed by atoms with Gasteiger partial charge in [0.1, 0.15) is 0 Å². The van der Waals surface area contributed by atoms with Gasteiger partial charge in [-0.05, 0) is 36.1 Å². The van der Waals surface area contributed by atoms with E-state index in [1.807, 2.05) is 29.2 Å². The molecule has 2 aromatic carbocycles. The third kappa shape index (κ3) is 3.42. The first kappa shape index (κ1) is 18.7. The van der Waals surface area contributed by atoms with E-state index in [1.54, 1.807) is 7.05 Å². The molecule has 0 fully saturated rings. The number of rotatable bonds is 2. The lowest BCUT2D eigenvalue weighted by Crippen LogP contribution is -2.46. The first-order valence-electron chi connectivity index (χ1n) is 8.72. The average Bonchev–Trinajstić information content (AvgIpc) is 3.27. The summed E-state index contributed by atoms with van der Waals surface area (Å²) in [5.41, 5.74) is 4.78. The molecule has 4 rings (SSSR count). The number of hydrogen-bond acceptors (Lipinski definition) is 2. The second-order valence-corrected chi connectivity index (χ2v) is 6.36. The first-order valence-corrected chi connectivity index (χ1v) is 8.72. The van der Waals surface area contributed by atoms with Crippen LogP contribution in [0, 0.1) is 0 Å². The predicted molar refractivity (Wildman–Crippen MR) is 117 cm³/mol. The zero-order valence-corrected chi connectivity index (χ0v) is 17.1. The van der Waals surface area contributed by atoms with Gasteiger partial charge in [-0.15, -0.1) is 24.0 Å². The first-order chi connectivity index (χ1) is 12.3. The number of nitrogens with zero attached hydrogens (tertiary/aromatic N) is 3. The Kier molecular flexibility index (Phi) is 5.80. The molecular weight excluding hydrogens is 439 g/mol. The number of guanidine groups is 1. The summed E-state index contributed by atoms with van der Waals surface area (Å²) in [5.74, 6) is 0.837. The summed E-state index contributed by atoms with van der Waals surface area (Å²) in [4.78, 5) is 21.1. The van der Waals surface area contributed by atoms with Crippen molar-refractivity contribution in [3.63, 3.8) is 0 Å². The monoisotopic (exact) mass is 462 g/mol. The molecule has 0 bridgehead atoms. The van der Waals surface area contributed by atoms with Gasteiger partial charge in [-0.3, -0.25) is 9.79 Å². The largest absolute Gasteiger partial charge is 0.347 e. The molecule has 2 heterocycles. The topological polar surface area (TPSA) is 47.9 Å². The van der Waals surface area contributed by atoms with Gasteiger partial charge in [-0.1, -0.05) is 36.4 Å². The molecule has 0 atom stereocenters. The van der Waals surface area contributed by atoms with Crippen LogP contribution in [0.15, 0.2) is 53.5 Å². The van der Waals surface area contributed by atoms with Crippen molar-refractivity contribution in [1.82, 2.24) is 5.32 Å². The van der Waals surface area contributed by atoms with Gasteiger partial charge in [0.15, 0.2) is 5.96 Å². The molecule has 1 N–H and O–H groups in total. The third-order valence-electron chi connectivity index (χ3n) is 4.94. The van der Waals surface area contributed by atoms with Crippen LogP contribution in [0.1, 0.15) is 11.1 Å². The lowest BCUT2D eigenvalue weighted by molar-refractivity contribution is -0.117. The van der Waals surface area contributed by atoms with Crippen LogP contribution >= 0.6 is 24.0 Å². The molecule has 0 spiro atoms. The van der Waals surface area contributed by atoms with Crippen LogP contribution in [0.2, 0.25) is 0 Å². The van der Waals surface area contributed by atoms with Crippen LogP contribution in [0.4, 0.5) is 11.4 Å². The highest BCUT2D eigenvalue weighted by molar-refractivity contribution is 14.0. The minimum absolute atomic E-state index is 0. The van der Waals surface area contributed by atoms with Gasteiger partial charge in [0.05, 0.1) is 6.54 Å². The van der Waals surface area contributed by atoms with Crippen molar-refractivity contribution in [2.75, 3.05) is 36.5 Å². The van der Waals surface area contributed by atoms with Crippen LogP contribution in [-0.4, -0.2) is 38.5 Å². The summed E-state index contributed by atoms with van der Waals surface area (Å²) in [6.45, 7) is 1.89. The van der Waals surface area contributed by atoms with E-state index < -0.39 is 0 Å². The Morgan fingerprint density at radius 3 is 2.12 bits per heavy atom. The van der Waals surface area contributed by atoms with E-state index in [0.717, 1.165) is 37.6 Å². The molecule has 26 heavy (non-hydrogen) atoms. The Bertz CT molecular complexity index is 836. The fraction of sp³-hybridized carbons (Fsp3) is 0.300. The van der Waals surface area contributed by atoms with Crippen molar-refractivity contribution < 1.29 is 4.79 Å². The Labute approximate surface area is 171 Å². The third-order valence-corrected chi connectivity index (χ3v) is 4.94. The summed E-state index contributed by atoms with van der Waals surface area (Å²) < 4.78 is 0. The zero-order chi connectivity index (χ0) is 17.2. The van der Waals surface area contributed by atoms with Crippen LogP contribution in [-0.2, 0) is 17.6 Å². The molecule has 1 amide bonds. The van der Waals surface area contributed by atoms with E-state index in [2.05, 4.69) is 39.5 Å². The zero-order valence-electron chi connectivity index (χ0n) is 14.8. The molecule has 0 aliphatic carbocycles. The van der Waals surface area contributed by atoms with E-state index in [-0.39, 0.29) is 36.4 Å². The Morgan fingerprint density at radius 2 is 1.50 bits per heavy atom. The molecule has 0 aromatic heterocycles. The number of carbonyl (C=O) groups excluding carboxylic acids is 1. The molecule has 0 unspecified atom stereocenters. The number of para-hydroxylation sites is 2. The number of nitrogens with one attached hydrogen (secondary N) is 1. The van der Waals surface area contributed by atoms with Gasteiger partial charge in [-0.2, -0.15) is 0 Å². The molecule has 0 saturated carbocycles. The molecule has 0 radical (unpaired) electrons. The fourth-order valence-electron chi connectivity index (χ4n) is 3.70. The summed E-state index contributed by atoms with van der Waals surface area (Å²) >= 11 is 0. The molecule has 5 nitrogen and oxygen atoms in total. The van der Waals surface area contributed by atoms with Gasteiger partial charge in [0.25, 0.3) is 0 Å².